The SMILES string of the molecule is CCCCCCCCCc1cccc(Oc2cccc(CCCCCCCCC)c2-c2ccccc2)c1-c1ccccc1. The summed E-state index contributed by atoms with van der Waals surface area (Å²) in [5, 5.41) is 0. The van der Waals surface area contributed by atoms with Gasteiger partial charge in [0.25, 0.3) is 0 Å². The highest BCUT2D eigenvalue weighted by molar-refractivity contribution is 5.78. The molecular weight excluding hydrogens is 520 g/mol. The summed E-state index contributed by atoms with van der Waals surface area (Å²) >= 11 is 0. The van der Waals surface area contributed by atoms with Crippen molar-refractivity contribution in [3.8, 4) is 33.8 Å². The lowest BCUT2D eigenvalue weighted by Crippen LogP contribution is -1.98. The van der Waals surface area contributed by atoms with Crippen molar-refractivity contribution in [1.29, 1.82) is 0 Å². The fourth-order valence-electron chi connectivity index (χ4n) is 6.27. The van der Waals surface area contributed by atoms with Crippen molar-refractivity contribution in [2.45, 2.75) is 117 Å². The Labute approximate surface area is 262 Å². The van der Waals surface area contributed by atoms with Gasteiger partial charge in [-0.1, -0.05) is 176 Å². The maximum atomic E-state index is 6.97. The van der Waals surface area contributed by atoms with Gasteiger partial charge in [-0.2, -0.15) is 0 Å². The molecule has 0 amide bonds. The fourth-order valence-corrected chi connectivity index (χ4v) is 6.27. The van der Waals surface area contributed by atoms with E-state index in [2.05, 4.69) is 111 Å². The standard InChI is InChI=1S/C42H54O/c1-3-5-7-9-11-13-17-25-37-31-23-33-39(41(37)35-27-19-15-20-28-35)43-40-34-24-32-38(26-18-14-12-10-8-6-4-2)42(40)36-29-21-16-22-30-36/h15-16,19-24,27-34H,3-14,17-18,25-26H2,1-2H3. The molecule has 4 aromatic carbocycles. The number of benzene rings is 4. The molecule has 0 unspecified atom stereocenters. The van der Waals surface area contributed by atoms with E-state index in [0.717, 1.165) is 24.3 Å². The first-order valence-corrected chi connectivity index (χ1v) is 17.3. The molecule has 0 heterocycles. The first-order valence-electron chi connectivity index (χ1n) is 17.3. The van der Waals surface area contributed by atoms with E-state index in [-0.39, 0.29) is 0 Å². The van der Waals surface area contributed by atoms with Gasteiger partial charge in [0, 0.05) is 11.1 Å². The minimum atomic E-state index is 0.955. The van der Waals surface area contributed by atoms with Crippen LogP contribution in [-0.4, -0.2) is 0 Å². The number of aryl methyl sites for hydroxylation is 2. The summed E-state index contributed by atoms with van der Waals surface area (Å²) < 4.78 is 6.97. The zero-order chi connectivity index (χ0) is 30.0. The smallest absolute Gasteiger partial charge is 0.135 e. The summed E-state index contributed by atoms with van der Waals surface area (Å²) in [6, 6.07) is 35.0. The van der Waals surface area contributed by atoms with Crippen LogP contribution in [-0.2, 0) is 12.8 Å². The molecular formula is C42H54O. The number of hydrogen-bond donors (Lipinski definition) is 0. The normalized spacial score (nSPS) is 11.1. The Morgan fingerprint density at radius 2 is 0.744 bits per heavy atom. The van der Waals surface area contributed by atoms with E-state index in [9.17, 15) is 0 Å². The highest BCUT2D eigenvalue weighted by Crippen LogP contribution is 2.41. The molecule has 228 valence electrons. The fraction of sp³-hybridized carbons (Fsp3) is 0.429. The van der Waals surface area contributed by atoms with Crippen molar-refractivity contribution in [2.75, 3.05) is 0 Å². The van der Waals surface area contributed by atoms with Gasteiger partial charge in [0.15, 0.2) is 0 Å². The summed E-state index contributed by atoms with van der Waals surface area (Å²) in [5.74, 6) is 1.91. The predicted octanol–water partition coefficient (Wildman–Crippen LogP) is 13.4. The van der Waals surface area contributed by atoms with Crippen molar-refractivity contribution in [1.82, 2.24) is 0 Å². The van der Waals surface area contributed by atoms with Gasteiger partial charge < -0.3 is 4.74 Å². The molecule has 0 N–H and O–H groups in total. The lowest BCUT2D eigenvalue weighted by atomic mass is 9.93. The lowest BCUT2D eigenvalue weighted by Gasteiger charge is -2.20. The third-order valence-electron chi connectivity index (χ3n) is 8.67. The summed E-state index contributed by atoms with van der Waals surface area (Å²) in [7, 11) is 0. The van der Waals surface area contributed by atoms with E-state index < -0.39 is 0 Å². The van der Waals surface area contributed by atoms with Crippen LogP contribution < -0.4 is 4.74 Å². The molecule has 0 spiro atoms. The molecule has 0 aliphatic heterocycles. The van der Waals surface area contributed by atoms with Crippen molar-refractivity contribution >= 4 is 0 Å². The molecule has 1 nitrogen and oxygen atoms in total. The average molecular weight is 575 g/mol. The van der Waals surface area contributed by atoms with Crippen LogP contribution in [0, 0.1) is 0 Å². The van der Waals surface area contributed by atoms with Gasteiger partial charge in [0.05, 0.1) is 0 Å². The molecule has 0 aliphatic rings. The third-order valence-corrected chi connectivity index (χ3v) is 8.67. The van der Waals surface area contributed by atoms with Crippen LogP contribution in [0.1, 0.15) is 115 Å². The molecule has 0 aliphatic carbocycles. The summed E-state index contributed by atoms with van der Waals surface area (Å²) in [6.45, 7) is 4.57. The van der Waals surface area contributed by atoms with Crippen LogP contribution in [0.2, 0.25) is 0 Å². The molecule has 0 bridgehead atoms. The first kappa shape index (κ1) is 32.6. The van der Waals surface area contributed by atoms with E-state index in [0.29, 0.717) is 0 Å². The van der Waals surface area contributed by atoms with Crippen LogP contribution in [0.25, 0.3) is 22.3 Å². The largest absolute Gasteiger partial charge is 0.456 e. The maximum absolute atomic E-state index is 6.97. The van der Waals surface area contributed by atoms with E-state index in [1.807, 2.05) is 0 Å². The van der Waals surface area contributed by atoms with E-state index in [1.165, 1.54) is 123 Å². The predicted molar refractivity (Wildman–Crippen MR) is 187 cm³/mol. The van der Waals surface area contributed by atoms with Crippen molar-refractivity contribution in [3.05, 3.63) is 108 Å². The number of rotatable bonds is 20. The Hall–Kier alpha value is -3.32. The third kappa shape index (κ3) is 10.4. The van der Waals surface area contributed by atoms with Crippen LogP contribution >= 0.6 is 0 Å². The molecule has 0 saturated carbocycles. The molecule has 0 aromatic heterocycles. The summed E-state index contributed by atoms with van der Waals surface area (Å²) in [4.78, 5) is 0. The van der Waals surface area contributed by atoms with Crippen LogP contribution in [0.15, 0.2) is 97.1 Å². The van der Waals surface area contributed by atoms with Gasteiger partial charge in [-0.25, -0.2) is 0 Å². The minimum Gasteiger partial charge on any atom is -0.456 e. The number of unbranched alkanes of at least 4 members (excludes halogenated alkanes) is 12. The molecule has 0 fully saturated rings. The molecule has 0 atom stereocenters. The number of ether oxygens (including phenoxy) is 1. The average Bonchev–Trinajstić information content (AvgIpc) is 3.05. The maximum Gasteiger partial charge on any atom is 0.135 e. The lowest BCUT2D eigenvalue weighted by molar-refractivity contribution is 0.484. The van der Waals surface area contributed by atoms with Gasteiger partial charge in [0.1, 0.15) is 11.5 Å². The Morgan fingerprint density at radius 1 is 0.372 bits per heavy atom. The van der Waals surface area contributed by atoms with E-state index in [1.54, 1.807) is 0 Å². The van der Waals surface area contributed by atoms with Crippen molar-refractivity contribution in [3.63, 3.8) is 0 Å². The summed E-state index contributed by atoms with van der Waals surface area (Å²) in [6.07, 6.45) is 20.7. The molecule has 4 rings (SSSR count). The highest BCUT2D eigenvalue weighted by atomic mass is 16.5. The number of hydrogen-bond acceptors (Lipinski definition) is 1. The molecule has 43 heavy (non-hydrogen) atoms. The van der Waals surface area contributed by atoms with Gasteiger partial charge >= 0.3 is 0 Å². The second-order valence-electron chi connectivity index (χ2n) is 12.2. The molecule has 0 radical (unpaired) electrons. The molecule has 0 saturated heterocycles. The first-order chi connectivity index (χ1) is 21.3. The van der Waals surface area contributed by atoms with Crippen molar-refractivity contribution < 1.29 is 4.74 Å². The highest BCUT2D eigenvalue weighted by Gasteiger charge is 2.17. The van der Waals surface area contributed by atoms with Crippen LogP contribution in [0.5, 0.6) is 11.5 Å². The van der Waals surface area contributed by atoms with Gasteiger partial charge in [-0.15, -0.1) is 0 Å². The summed E-state index contributed by atoms with van der Waals surface area (Å²) in [5.41, 5.74) is 7.72. The van der Waals surface area contributed by atoms with Crippen LogP contribution in [0.3, 0.4) is 0 Å². The Balaban J connectivity index is 1.58. The Kier molecular flexibility index (Phi) is 14.4. The molecule has 1 heteroatoms. The van der Waals surface area contributed by atoms with Gasteiger partial charge in [-0.05, 0) is 60.1 Å². The quantitative estimate of drug-likeness (QED) is 0.0954. The second kappa shape index (κ2) is 19.1. The second-order valence-corrected chi connectivity index (χ2v) is 12.2. The Morgan fingerprint density at radius 3 is 1.14 bits per heavy atom. The van der Waals surface area contributed by atoms with Crippen molar-refractivity contribution in [2.24, 2.45) is 0 Å². The monoisotopic (exact) mass is 574 g/mol. The van der Waals surface area contributed by atoms with E-state index >= 15 is 0 Å². The van der Waals surface area contributed by atoms with Gasteiger partial charge in [0.2, 0.25) is 0 Å². The zero-order valence-corrected chi connectivity index (χ0v) is 27.0. The molecule has 4 aromatic rings. The van der Waals surface area contributed by atoms with Crippen LogP contribution in [0.4, 0.5) is 0 Å². The topological polar surface area (TPSA) is 9.23 Å². The van der Waals surface area contributed by atoms with Gasteiger partial charge in [-0.3, -0.25) is 0 Å². The Bertz CT molecular complexity index is 1200. The zero-order valence-electron chi connectivity index (χ0n) is 27.0. The van der Waals surface area contributed by atoms with E-state index in [4.69, 9.17) is 4.74 Å². The minimum absolute atomic E-state index is 0.955.